The van der Waals surface area contributed by atoms with Crippen LogP contribution in [0.3, 0.4) is 0 Å². The minimum absolute atomic E-state index is 0.0468. The van der Waals surface area contributed by atoms with Gasteiger partial charge in [-0.15, -0.1) is 0 Å². The van der Waals surface area contributed by atoms with Gasteiger partial charge in [0.05, 0.1) is 24.8 Å². The summed E-state index contributed by atoms with van der Waals surface area (Å²) in [7, 11) is 0. The molecule has 0 aromatic heterocycles. The molecule has 1 aliphatic rings. The van der Waals surface area contributed by atoms with Crippen molar-refractivity contribution >= 4 is 23.3 Å². The van der Waals surface area contributed by atoms with E-state index in [4.69, 9.17) is 21.7 Å². The number of aromatic hydroxyl groups is 1. The predicted molar refractivity (Wildman–Crippen MR) is 90.2 cm³/mol. The molecule has 0 spiro atoms. The fourth-order valence-electron chi connectivity index (χ4n) is 2.40. The molecular weight excluding hydrogens is 316 g/mol. The maximum absolute atomic E-state index is 12.3. The van der Waals surface area contributed by atoms with Crippen LogP contribution in [0.2, 0.25) is 0 Å². The third-order valence-electron chi connectivity index (χ3n) is 3.38. The first-order valence-electron chi connectivity index (χ1n) is 7.39. The van der Waals surface area contributed by atoms with Gasteiger partial charge in [-0.1, -0.05) is 6.07 Å². The highest BCUT2D eigenvalue weighted by atomic mass is 32.1. The van der Waals surface area contributed by atoms with Gasteiger partial charge in [0.1, 0.15) is 0 Å². The van der Waals surface area contributed by atoms with Crippen molar-refractivity contribution in [2.75, 3.05) is 13.2 Å². The topological polar surface area (TPSA) is 79.8 Å². The van der Waals surface area contributed by atoms with Crippen molar-refractivity contribution in [1.82, 2.24) is 10.6 Å². The van der Waals surface area contributed by atoms with Crippen LogP contribution in [0.1, 0.15) is 32.4 Å². The number of ether oxygens (including phenoxy) is 2. The lowest BCUT2D eigenvalue weighted by atomic mass is 9.95. The number of benzene rings is 1. The monoisotopic (exact) mass is 336 g/mol. The third-order valence-corrected chi connectivity index (χ3v) is 3.60. The molecule has 1 aromatic carbocycles. The van der Waals surface area contributed by atoms with Crippen molar-refractivity contribution in [2.24, 2.45) is 0 Å². The second-order valence-electron chi connectivity index (χ2n) is 4.95. The average molecular weight is 336 g/mol. The highest BCUT2D eigenvalue weighted by Gasteiger charge is 2.31. The Morgan fingerprint density at radius 3 is 2.74 bits per heavy atom. The summed E-state index contributed by atoms with van der Waals surface area (Å²) in [6.45, 7) is 6.07. The summed E-state index contributed by atoms with van der Waals surface area (Å²) in [5, 5.41) is 16.3. The smallest absolute Gasteiger partial charge is 0.338 e. The quantitative estimate of drug-likeness (QED) is 0.561. The zero-order chi connectivity index (χ0) is 17.0. The van der Waals surface area contributed by atoms with Crippen molar-refractivity contribution < 1.29 is 19.4 Å². The molecule has 0 bridgehead atoms. The molecule has 23 heavy (non-hydrogen) atoms. The molecule has 3 N–H and O–H groups in total. The van der Waals surface area contributed by atoms with E-state index in [0.29, 0.717) is 28.7 Å². The average Bonchev–Trinajstić information content (AvgIpc) is 2.49. The molecule has 6 nitrogen and oxygen atoms in total. The van der Waals surface area contributed by atoms with Crippen LogP contribution in [0, 0.1) is 0 Å². The zero-order valence-electron chi connectivity index (χ0n) is 13.3. The molecule has 1 heterocycles. The van der Waals surface area contributed by atoms with Gasteiger partial charge in [0.25, 0.3) is 0 Å². The Hall–Kier alpha value is -2.28. The zero-order valence-corrected chi connectivity index (χ0v) is 14.1. The number of allylic oxidation sites excluding steroid dienone is 1. The molecule has 0 unspecified atom stereocenters. The summed E-state index contributed by atoms with van der Waals surface area (Å²) in [6.07, 6.45) is 0. The number of nitrogens with one attached hydrogen (secondary N) is 2. The van der Waals surface area contributed by atoms with Gasteiger partial charge >= 0.3 is 5.97 Å². The van der Waals surface area contributed by atoms with E-state index >= 15 is 0 Å². The Bertz CT molecular complexity index is 657. The first-order chi connectivity index (χ1) is 11.0. The van der Waals surface area contributed by atoms with Gasteiger partial charge in [-0.3, -0.25) is 0 Å². The first kappa shape index (κ1) is 17.1. The number of phenolic OH excluding ortho intramolecular Hbond substituents is 1. The van der Waals surface area contributed by atoms with E-state index in [9.17, 15) is 9.90 Å². The van der Waals surface area contributed by atoms with E-state index in [1.807, 2.05) is 6.92 Å². The van der Waals surface area contributed by atoms with Crippen LogP contribution in [-0.2, 0) is 9.53 Å². The standard InChI is InChI=1S/C16H20N2O4S/c1-4-21-12-8-10(6-7-11(12)19)14-13(15(20)22-5-2)9(3)17-16(23)18-14/h6-8,14,19H,4-5H2,1-3H3,(H2,17,18,23)/t14-/m0/s1. The highest BCUT2D eigenvalue weighted by Crippen LogP contribution is 2.34. The number of carbonyl (C=O) groups excluding carboxylic acids is 1. The van der Waals surface area contributed by atoms with E-state index in [0.717, 1.165) is 5.56 Å². The molecule has 1 aliphatic heterocycles. The maximum Gasteiger partial charge on any atom is 0.338 e. The van der Waals surface area contributed by atoms with Gasteiger partial charge in [0.2, 0.25) is 0 Å². The molecule has 2 rings (SSSR count). The van der Waals surface area contributed by atoms with E-state index < -0.39 is 12.0 Å². The van der Waals surface area contributed by atoms with Crippen LogP contribution in [-0.4, -0.2) is 29.4 Å². The number of hydrogen-bond donors (Lipinski definition) is 3. The molecule has 1 atom stereocenters. The van der Waals surface area contributed by atoms with Crippen LogP contribution in [0.5, 0.6) is 11.5 Å². The van der Waals surface area contributed by atoms with Crippen LogP contribution < -0.4 is 15.4 Å². The van der Waals surface area contributed by atoms with Gasteiger partial charge in [0, 0.05) is 5.70 Å². The van der Waals surface area contributed by atoms with Gasteiger partial charge in [-0.25, -0.2) is 4.79 Å². The fourth-order valence-corrected chi connectivity index (χ4v) is 2.68. The van der Waals surface area contributed by atoms with E-state index in [-0.39, 0.29) is 12.4 Å². The van der Waals surface area contributed by atoms with Crippen molar-refractivity contribution in [1.29, 1.82) is 0 Å². The number of esters is 1. The third kappa shape index (κ3) is 3.73. The second kappa shape index (κ2) is 7.32. The number of rotatable bonds is 5. The fraction of sp³-hybridized carbons (Fsp3) is 0.375. The SMILES string of the molecule is CCOC(=O)C1=C(C)NC(=S)N[C@H]1c1ccc(O)c(OCC)c1. The largest absolute Gasteiger partial charge is 0.504 e. The van der Waals surface area contributed by atoms with Crippen LogP contribution in [0.15, 0.2) is 29.5 Å². The number of thiocarbonyl (C=S) groups is 1. The van der Waals surface area contributed by atoms with Crippen LogP contribution in [0.25, 0.3) is 0 Å². The normalized spacial score (nSPS) is 17.3. The Balaban J connectivity index is 2.45. The van der Waals surface area contributed by atoms with Gasteiger partial charge in [-0.05, 0) is 50.7 Å². The van der Waals surface area contributed by atoms with E-state index in [1.54, 1.807) is 26.0 Å². The minimum Gasteiger partial charge on any atom is -0.504 e. The molecule has 0 fully saturated rings. The van der Waals surface area contributed by atoms with Gasteiger partial charge < -0.3 is 25.2 Å². The van der Waals surface area contributed by atoms with Crippen molar-refractivity contribution in [3.05, 3.63) is 35.0 Å². The summed E-state index contributed by atoms with van der Waals surface area (Å²) in [4.78, 5) is 12.3. The number of phenols is 1. The molecule has 0 saturated heterocycles. The highest BCUT2D eigenvalue weighted by molar-refractivity contribution is 7.80. The number of hydrogen-bond acceptors (Lipinski definition) is 5. The lowest BCUT2D eigenvalue weighted by molar-refractivity contribution is -0.139. The molecule has 1 aromatic rings. The van der Waals surface area contributed by atoms with Crippen molar-refractivity contribution in [3.8, 4) is 11.5 Å². The molecule has 0 radical (unpaired) electrons. The maximum atomic E-state index is 12.3. The van der Waals surface area contributed by atoms with Gasteiger partial charge in [-0.2, -0.15) is 0 Å². The minimum atomic E-state index is -0.470. The summed E-state index contributed by atoms with van der Waals surface area (Å²) >= 11 is 5.18. The lowest BCUT2D eigenvalue weighted by Crippen LogP contribution is -2.45. The molecule has 124 valence electrons. The Labute approximate surface area is 140 Å². The van der Waals surface area contributed by atoms with Crippen molar-refractivity contribution in [3.63, 3.8) is 0 Å². The van der Waals surface area contributed by atoms with Crippen LogP contribution >= 0.6 is 12.2 Å². The Morgan fingerprint density at radius 1 is 1.35 bits per heavy atom. The van der Waals surface area contributed by atoms with Crippen LogP contribution in [0.4, 0.5) is 0 Å². The molecule has 0 amide bonds. The first-order valence-corrected chi connectivity index (χ1v) is 7.79. The molecular formula is C16H20N2O4S. The summed E-state index contributed by atoms with van der Waals surface area (Å²) in [5.74, 6) is -0.00820. The summed E-state index contributed by atoms with van der Waals surface area (Å²) in [5.41, 5.74) is 1.84. The van der Waals surface area contributed by atoms with E-state index in [2.05, 4.69) is 10.6 Å². The van der Waals surface area contributed by atoms with Gasteiger partial charge in [0.15, 0.2) is 16.6 Å². The molecule has 7 heteroatoms. The summed E-state index contributed by atoms with van der Waals surface area (Å²) < 4.78 is 10.5. The number of carbonyl (C=O) groups is 1. The van der Waals surface area contributed by atoms with E-state index in [1.165, 1.54) is 6.07 Å². The lowest BCUT2D eigenvalue weighted by Gasteiger charge is -2.30. The van der Waals surface area contributed by atoms with Crippen molar-refractivity contribution in [2.45, 2.75) is 26.8 Å². The summed E-state index contributed by atoms with van der Waals surface area (Å²) in [6, 6.07) is 4.47. The Morgan fingerprint density at radius 2 is 2.09 bits per heavy atom. The predicted octanol–water partition coefficient (Wildman–Crippen LogP) is 2.15. The Kier molecular flexibility index (Phi) is 5.44. The second-order valence-corrected chi connectivity index (χ2v) is 5.36. The molecule has 0 aliphatic carbocycles. The molecule has 0 saturated carbocycles.